The van der Waals surface area contributed by atoms with Gasteiger partial charge < -0.3 is 24.8 Å². The number of esters is 1. The second-order valence-electron chi connectivity index (χ2n) is 8.43. The maximum absolute atomic E-state index is 14.0. The molecule has 0 radical (unpaired) electrons. The second kappa shape index (κ2) is 11.8. The predicted octanol–water partition coefficient (Wildman–Crippen LogP) is 2.39. The largest absolute Gasteiger partial charge is 0.530 e. The summed E-state index contributed by atoms with van der Waals surface area (Å²) in [6.45, 7) is 3.81. The molecule has 2 heterocycles. The van der Waals surface area contributed by atoms with E-state index in [0.717, 1.165) is 0 Å². The Morgan fingerprint density at radius 1 is 1.39 bits per heavy atom. The summed E-state index contributed by atoms with van der Waals surface area (Å²) in [4.78, 5) is 25.8. The molecule has 1 aromatic heterocycles. The van der Waals surface area contributed by atoms with Gasteiger partial charge in [-0.2, -0.15) is 4.98 Å². The molecular formula is C23H26ClFN3O9P. The lowest BCUT2D eigenvalue weighted by molar-refractivity contribution is -0.156. The molecule has 3 rings (SSSR count). The number of rotatable bonds is 10. The summed E-state index contributed by atoms with van der Waals surface area (Å²) in [7, 11) is -4.58. The molecule has 1 unspecified atom stereocenters. The van der Waals surface area contributed by atoms with Crippen molar-refractivity contribution in [1.82, 2.24) is 9.55 Å². The Balaban J connectivity index is 1.85. The third-order valence-electron chi connectivity index (χ3n) is 5.18. The number of ether oxygens (including phenoxy) is 2. The van der Waals surface area contributed by atoms with Crippen LogP contribution in [0.3, 0.4) is 0 Å². The van der Waals surface area contributed by atoms with Crippen LogP contribution in [0, 0.1) is 18.2 Å². The fourth-order valence-electron chi connectivity index (χ4n) is 3.35. The number of hydrogen-bond donors (Lipinski definition) is 2. The maximum Gasteiger partial charge on any atom is 0.530 e. The van der Waals surface area contributed by atoms with E-state index in [1.165, 1.54) is 19.1 Å². The highest BCUT2D eigenvalue weighted by Crippen LogP contribution is 2.52. The highest BCUT2D eigenvalue weighted by Gasteiger charge is 2.56. The lowest BCUT2D eigenvalue weighted by Gasteiger charge is -2.25. The number of carbonyl (C=O) groups excluding carboxylic acids is 1. The monoisotopic (exact) mass is 573 g/mol. The number of nitrogen functional groups attached to an aromatic ring is 1. The van der Waals surface area contributed by atoms with Gasteiger partial charge in [0.1, 0.15) is 18.0 Å². The number of aromatic nitrogens is 2. The first-order chi connectivity index (χ1) is 17.8. The number of aliphatic hydroxyl groups is 1. The van der Waals surface area contributed by atoms with Crippen LogP contribution < -0.4 is 15.9 Å². The Bertz CT molecular complexity index is 1310. The van der Waals surface area contributed by atoms with Crippen molar-refractivity contribution in [2.45, 2.75) is 56.3 Å². The molecule has 1 aromatic carbocycles. The number of alkyl halides is 1. The van der Waals surface area contributed by atoms with E-state index in [4.69, 9.17) is 46.8 Å². The second-order valence-corrected chi connectivity index (χ2v) is 10.6. The van der Waals surface area contributed by atoms with Gasteiger partial charge >= 0.3 is 19.5 Å². The molecule has 0 saturated carbocycles. The topological polar surface area (TPSA) is 161 Å². The van der Waals surface area contributed by atoms with Crippen molar-refractivity contribution in [3.8, 4) is 18.1 Å². The maximum atomic E-state index is 14.0. The number of terminal acetylenes is 1. The zero-order chi connectivity index (χ0) is 28.3. The van der Waals surface area contributed by atoms with Gasteiger partial charge in [-0.05, 0) is 32.9 Å². The van der Waals surface area contributed by atoms with Gasteiger partial charge in [-0.1, -0.05) is 35.7 Å². The van der Waals surface area contributed by atoms with Crippen molar-refractivity contribution in [1.29, 1.82) is 0 Å². The fraction of sp³-hybridized carbons (Fsp3) is 0.435. The molecule has 1 saturated heterocycles. The molecule has 0 aliphatic carbocycles. The van der Waals surface area contributed by atoms with E-state index in [0.29, 0.717) is 10.8 Å². The number of nitrogens with zero attached hydrogens (tertiary/aromatic N) is 2. The van der Waals surface area contributed by atoms with Crippen molar-refractivity contribution < 1.29 is 41.9 Å². The van der Waals surface area contributed by atoms with Crippen LogP contribution in [0.15, 0.2) is 41.3 Å². The standard InChI is InChI=1S/C23H26ClFN3O9P/c1-5-23(24)18(29)17(35-21(23)28-11-16(25)19(26)27-22(28)31)12-33-38(32,37-15-9-7-6-8-10-15)36-14(4)20(30)34-13(2)3/h1,6-11,13-14,17-18,21,29H,12H2,2-4H3,(H2,26,27,31)/t14-,17+,18?,21+,23+,38-/m0/s1. The molecule has 206 valence electrons. The van der Waals surface area contributed by atoms with Gasteiger partial charge in [-0.25, -0.2) is 18.5 Å². The Kier molecular flexibility index (Phi) is 9.20. The van der Waals surface area contributed by atoms with Gasteiger partial charge in [0.15, 0.2) is 28.8 Å². The van der Waals surface area contributed by atoms with Gasteiger partial charge in [0, 0.05) is 0 Å². The number of benzene rings is 1. The predicted molar refractivity (Wildman–Crippen MR) is 133 cm³/mol. The average Bonchev–Trinajstić information content (AvgIpc) is 3.10. The molecule has 1 fully saturated rings. The quantitative estimate of drug-likeness (QED) is 0.186. The normalized spacial score (nSPS) is 25.4. The molecule has 3 N–H and O–H groups in total. The van der Waals surface area contributed by atoms with Crippen molar-refractivity contribution in [3.63, 3.8) is 0 Å². The summed E-state index contributed by atoms with van der Waals surface area (Å²) < 4.78 is 55.1. The minimum Gasteiger partial charge on any atom is -0.461 e. The molecule has 1 aliphatic rings. The first kappa shape index (κ1) is 29.6. The van der Waals surface area contributed by atoms with Crippen LogP contribution in [0.2, 0.25) is 0 Å². The molecule has 38 heavy (non-hydrogen) atoms. The summed E-state index contributed by atoms with van der Waals surface area (Å²) in [5, 5.41) is 10.8. The van der Waals surface area contributed by atoms with Gasteiger partial charge in [0.05, 0.1) is 18.9 Å². The van der Waals surface area contributed by atoms with Crippen LogP contribution in [-0.4, -0.2) is 56.5 Å². The zero-order valence-corrected chi connectivity index (χ0v) is 22.2. The van der Waals surface area contributed by atoms with E-state index in [9.17, 15) is 23.7 Å². The Morgan fingerprint density at radius 2 is 2.05 bits per heavy atom. The first-order valence-electron chi connectivity index (χ1n) is 11.2. The number of phosphoric ester groups is 1. The summed E-state index contributed by atoms with van der Waals surface area (Å²) in [6, 6.07) is 7.80. The minimum absolute atomic E-state index is 0.0799. The van der Waals surface area contributed by atoms with Crippen LogP contribution in [0.25, 0.3) is 0 Å². The number of aliphatic hydroxyl groups excluding tert-OH is 1. The number of halogens is 2. The van der Waals surface area contributed by atoms with Gasteiger partial charge in [0.25, 0.3) is 0 Å². The molecule has 1 aliphatic heterocycles. The van der Waals surface area contributed by atoms with Crippen molar-refractivity contribution in [2.24, 2.45) is 0 Å². The van der Waals surface area contributed by atoms with E-state index in [1.54, 1.807) is 32.0 Å². The van der Waals surface area contributed by atoms with E-state index in [2.05, 4.69) is 10.9 Å². The molecule has 0 amide bonds. The van der Waals surface area contributed by atoms with Crippen LogP contribution >= 0.6 is 19.4 Å². The summed E-state index contributed by atoms with van der Waals surface area (Å²) in [6.07, 6.45) is -0.426. The van der Waals surface area contributed by atoms with E-state index >= 15 is 0 Å². The Morgan fingerprint density at radius 3 is 2.66 bits per heavy atom. The molecular weight excluding hydrogens is 548 g/mol. The van der Waals surface area contributed by atoms with E-state index in [1.807, 2.05) is 0 Å². The van der Waals surface area contributed by atoms with Crippen LogP contribution in [0.4, 0.5) is 10.2 Å². The molecule has 0 bridgehead atoms. The first-order valence-corrected chi connectivity index (χ1v) is 13.1. The molecule has 15 heteroatoms. The smallest absolute Gasteiger partial charge is 0.461 e. The lowest BCUT2D eigenvalue weighted by atomic mass is 9.99. The summed E-state index contributed by atoms with van der Waals surface area (Å²) >= 11 is 6.42. The number of para-hydroxylation sites is 1. The highest BCUT2D eigenvalue weighted by molar-refractivity contribution is 7.49. The van der Waals surface area contributed by atoms with Crippen LogP contribution in [0.5, 0.6) is 5.75 Å². The van der Waals surface area contributed by atoms with Gasteiger partial charge in [0.2, 0.25) is 0 Å². The molecule has 12 nitrogen and oxygen atoms in total. The number of anilines is 1. The Labute approximate surface area is 222 Å². The fourth-order valence-corrected chi connectivity index (χ4v) is 4.99. The number of carbonyl (C=O) groups is 1. The lowest BCUT2D eigenvalue weighted by Crippen LogP contribution is -2.43. The zero-order valence-electron chi connectivity index (χ0n) is 20.5. The summed E-state index contributed by atoms with van der Waals surface area (Å²) in [5.74, 6) is -0.339. The van der Waals surface area contributed by atoms with E-state index < -0.39 is 73.2 Å². The van der Waals surface area contributed by atoms with Crippen molar-refractivity contribution in [3.05, 3.63) is 52.8 Å². The van der Waals surface area contributed by atoms with Crippen LogP contribution in [-0.2, 0) is 27.9 Å². The number of hydrogen-bond acceptors (Lipinski definition) is 11. The third kappa shape index (κ3) is 6.53. The molecule has 6 atom stereocenters. The summed E-state index contributed by atoms with van der Waals surface area (Å²) in [5.41, 5.74) is 4.26. The number of nitrogens with two attached hydrogens (primary N) is 1. The van der Waals surface area contributed by atoms with E-state index in [-0.39, 0.29) is 5.75 Å². The van der Waals surface area contributed by atoms with Crippen molar-refractivity contribution >= 4 is 31.2 Å². The average molecular weight is 574 g/mol. The van der Waals surface area contributed by atoms with Gasteiger partial charge in [-0.15, -0.1) is 6.42 Å². The van der Waals surface area contributed by atoms with Crippen molar-refractivity contribution in [2.75, 3.05) is 12.3 Å². The van der Waals surface area contributed by atoms with Crippen LogP contribution in [0.1, 0.15) is 27.0 Å². The SMILES string of the molecule is C#C[C@@]1(Cl)C(O)[C@@H](CO[P@](=O)(Oc2ccccc2)O[C@@H](C)C(=O)OC(C)C)O[C@H]1n1cc(F)c(N)nc1=O. The highest BCUT2D eigenvalue weighted by atomic mass is 35.5. The number of phosphoric acid groups is 1. The third-order valence-corrected chi connectivity index (χ3v) is 7.18. The minimum atomic E-state index is -4.58. The van der Waals surface area contributed by atoms with Gasteiger partial charge in [-0.3, -0.25) is 13.6 Å². The molecule has 2 aromatic rings. The Hall–Kier alpha value is -2.98. The molecule has 0 spiro atoms.